The fourth-order valence-electron chi connectivity index (χ4n) is 5.99. The summed E-state index contributed by atoms with van der Waals surface area (Å²) in [5, 5.41) is 16.5. The van der Waals surface area contributed by atoms with Gasteiger partial charge in [-0.25, -0.2) is 19.4 Å². The van der Waals surface area contributed by atoms with Crippen LogP contribution in [0.2, 0.25) is 0 Å². The highest BCUT2D eigenvalue weighted by atomic mass is 16.8. The van der Waals surface area contributed by atoms with Crippen molar-refractivity contribution in [2.24, 2.45) is 5.92 Å². The molecule has 296 valence electrons. The monoisotopic (exact) mass is 769 g/mol. The van der Waals surface area contributed by atoms with Crippen molar-refractivity contribution in [3.8, 4) is 16.9 Å². The van der Waals surface area contributed by atoms with E-state index in [1.165, 1.54) is 44.4 Å². The van der Waals surface area contributed by atoms with Gasteiger partial charge in [0.05, 0.1) is 13.2 Å². The van der Waals surface area contributed by atoms with E-state index in [2.05, 4.69) is 27.5 Å². The lowest BCUT2D eigenvalue weighted by molar-refractivity contribution is -0.0868. The van der Waals surface area contributed by atoms with Crippen LogP contribution in [-0.4, -0.2) is 73.0 Å². The molecule has 0 saturated heterocycles. The standard InChI is InChI=1S/C41H47N5O10/c1-6-26-20-32(37(47)44-28-16-14-27(15-17-28)36(42)46-40(50)56-29-10-8-7-9-11-29)31(21-34(26)52-5)30-18-19-33(38(48)43-22-25-12-13-25)45-35(30)39(49)54-24(4)55-41(51)53-23(2)3/h6,14-21,23-25,29H,1,7-13,22H2,2-5H3,(H,43,48)(H,44,47)(H2,42,46,50). The van der Waals surface area contributed by atoms with Gasteiger partial charge in [-0.3, -0.25) is 20.3 Å². The third-order valence-corrected chi connectivity index (χ3v) is 9.05. The molecule has 0 radical (unpaired) electrons. The fraction of sp³-hybridized carbons (Fsp3) is 0.390. The van der Waals surface area contributed by atoms with Gasteiger partial charge in [-0.1, -0.05) is 19.1 Å². The number of benzene rings is 2. The number of amidine groups is 1. The minimum atomic E-state index is -1.40. The quantitative estimate of drug-likeness (QED) is 0.0423. The average molecular weight is 770 g/mol. The summed E-state index contributed by atoms with van der Waals surface area (Å²) in [7, 11) is 1.44. The number of carbonyl (C=O) groups excluding carboxylic acids is 5. The van der Waals surface area contributed by atoms with Crippen LogP contribution in [0.15, 0.2) is 55.1 Å². The lowest BCUT2D eigenvalue weighted by Crippen LogP contribution is -2.34. The Labute approximate surface area is 325 Å². The van der Waals surface area contributed by atoms with Crippen molar-refractivity contribution < 1.29 is 47.7 Å². The molecule has 2 aliphatic rings. The second kappa shape index (κ2) is 18.9. The molecule has 0 spiro atoms. The SMILES string of the molecule is C=Cc1cc(C(=O)Nc2ccc(C(=N)NC(=O)OC3CCCCC3)cc2)c(-c2ccc(C(=O)NCC3CC3)nc2C(=O)OC(C)OC(=O)OC(C)C)cc1OC. The minimum Gasteiger partial charge on any atom is -0.496 e. The van der Waals surface area contributed by atoms with Crippen LogP contribution in [-0.2, 0) is 18.9 Å². The van der Waals surface area contributed by atoms with Crippen LogP contribution in [0.4, 0.5) is 15.3 Å². The number of nitrogens with zero attached hydrogens (tertiary/aromatic N) is 1. The summed E-state index contributed by atoms with van der Waals surface area (Å²) in [5.74, 6) is -1.60. The Morgan fingerprint density at radius 2 is 1.61 bits per heavy atom. The van der Waals surface area contributed by atoms with Crippen LogP contribution in [0.3, 0.4) is 0 Å². The maximum absolute atomic E-state index is 14.1. The highest BCUT2D eigenvalue weighted by Gasteiger charge is 2.28. The molecule has 0 aliphatic heterocycles. The maximum atomic E-state index is 14.1. The Kier molecular flexibility index (Phi) is 13.8. The number of carbonyl (C=O) groups is 5. The van der Waals surface area contributed by atoms with Crippen LogP contribution < -0.4 is 20.7 Å². The van der Waals surface area contributed by atoms with Gasteiger partial charge >= 0.3 is 18.2 Å². The lowest BCUT2D eigenvalue weighted by atomic mass is 9.94. The van der Waals surface area contributed by atoms with Gasteiger partial charge in [0.2, 0.25) is 6.29 Å². The van der Waals surface area contributed by atoms with E-state index in [4.69, 9.17) is 29.1 Å². The van der Waals surface area contributed by atoms with E-state index in [0.717, 1.165) is 44.9 Å². The topological polar surface area (TPSA) is 204 Å². The number of rotatable bonds is 14. The molecule has 2 fully saturated rings. The number of nitrogens with one attached hydrogen (secondary N) is 4. The van der Waals surface area contributed by atoms with Gasteiger partial charge in [0.15, 0.2) is 5.69 Å². The van der Waals surface area contributed by atoms with Crippen LogP contribution >= 0.6 is 0 Å². The molecule has 5 rings (SSSR count). The molecular weight excluding hydrogens is 722 g/mol. The van der Waals surface area contributed by atoms with E-state index >= 15 is 0 Å². The highest BCUT2D eigenvalue weighted by Crippen LogP contribution is 2.35. The van der Waals surface area contributed by atoms with Gasteiger partial charge in [0.25, 0.3) is 11.8 Å². The number of pyridine rings is 1. The molecular formula is C41H47N5O10. The van der Waals surface area contributed by atoms with Crippen LogP contribution in [0.5, 0.6) is 5.75 Å². The first-order valence-corrected chi connectivity index (χ1v) is 18.6. The molecule has 1 atom stereocenters. The molecule has 1 aromatic heterocycles. The summed E-state index contributed by atoms with van der Waals surface area (Å²) < 4.78 is 26.5. The molecule has 56 heavy (non-hydrogen) atoms. The van der Waals surface area contributed by atoms with E-state index < -0.39 is 42.4 Å². The first-order chi connectivity index (χ1) is 26.8. The Morgan fingerprint density at radius 1 is 0.893 bits per heavy atom. The number of aromatic nitrogens is 1. The predicted molar refractivity (Wildman–Crippen MR) is 207 cm³/mol. The third kappa shape index (κ3) is 11.1. The van der Waals surface area contributed by atoms with Gasteiger partial charge < -0.3 is 34.3 Å². The average Bonchev–Trinajstić information content (AvgIpc) is 4.01. The zero-order valence-corrected chi connectivity index (χ0v) is 31.9. The number of hydrogen-bond acceptors (Lipinski definition) is 12. The summed E-state index contributed by atoms with van der Waals surface area (Å²) in [6, 6.07) is 12.2. The normalized spacial score (nSPS) is 14.4. The van der Waals surface area contributed by atoms with Crippen molar-refractivity contribution in [2.45, 2.75) is 84.2 Å². The summed E-state index contributed by atoms with van der Waals surface area (Å²) in [5.41, 5.74) is 1.19. The van der Waals surface area contributed by atoms with E-state index in [1.807, 2.05) is 0 Å². The Hall–Kier alpha value is -6.25. The molecule has 0 bridgehead atoms. The largest absolute Gasteiger partial charge is 0.511 e. The molecule has 1 unspecified atom stereocenters. The summed E-state index contributed by atoms with van der Waals surface area (Å²) in [6.45, 7) is 8.87. The van der Waals surface area contributed by atoms with Gasteiger partial charge in [0, 0.05) is 47.0 Å². The number of amides is 3. The first-order valence-electron chi connectivity index (χ1n) is 18.6. The van der Waals surface area contributed by atoms with Gasteiger partial charge in [-0.05, 0) is 107 Å². The van der Waals surface area contributed by atoms with E-state index in [1.54, 1.807) is 38.1 Å². The van der Waals surface area contributed by atoms with Crippen LogP contribution in [0.25, 0.3) is 17.2 Å². The van der Waals surface area contributed by atoms with Crippen molar-refractivity contribution in [3.05, 3.63) is 83.2 Å². The number of ether oxygens (including phenoxy) is 5. The Morgan fingerprint density at radius 3 is 2.25 bits per heavy atom. The number of methoxy groups -OCH3 is 1. The zero-order valence-electron chi connectivity index (χ0n) is 31.9. The minimum absolute atomic E-state index is 0.0720. The number of anilines is 1. The smallest absolute Gasteiger partial charge is 0.496 e. The molecule has 2 aromatic carbocycles. The van der Waals surface area contributed by atoms with Crippen LogP contribution in [0, 0.1) is 11.3 Å². The van der Waals surface area contributed by atoms with Crippen molar-refractivity contribution >= 4 is 47.6 Å². The van der Waals surface area contributed by atoms with Crippen molar-refractivity contribution in [3.63, 3.8) is 0 Å². The number of alkyl carbamates (subject to hydrolysis) is 1. The Bertz CT molecular complexity index is 1970. The molecule has 3 amide bonds. The summed E-state index contributed by atoms with van der Waals surface area (Å²) in [4.78, 5) is 69.8. The molecule has 1 heterocycles. The molecule has 2 saturated carbocycles. The highest BCUT2D eigenvalue weighted by molar-refractivity contribution is 6.11. The number of esters is 1. The summed E-state index contributed by atoms with van der Waals surface area (Å²) in [6.07, 6.45) is 4.45. The van der Waals surface area contributed by atoms with E-state index in [0.29, 0.717) is 35.0 Å². The van der Waals surface area contributed by atoms with E-state index in [9.17, 15) is 24.0 Å². The first kappa shape index (κ1) is 40.9. The van der Waals surface area contributed by atoms with E-state index in [-0.39, 0.29) is 40.0 Å². The van der Waals surface area contributed by atoms with Crippen molar-refractivity contribution in [2.75, 3.05) is 19.0 Å². The second-order valence-corrected chi connectivity index (χ2v) is 13.8. The van der Waals surface area contributed by atoms with Crippen molar-refractivity contribution in [1.29, 1.82) is 5.41 Å². The van der Waals surface area contributed by atoms with Gasteiger partial charge in [-0.2, -0.15) is 0 Å². The third-order valence-electron chi connectivity index (χ3n) is 9.05. The van der Waals surface area contributed by atoms with Gasteiger partial charge in [-0.15, -0.1) is 0 Å². The zero-order chi connectivity index (χ0) is 40.4. The molecule has 2 aliphatic carbocycles. The maximum Gasteiger partial charge on any atom is 0.511 e. The second-order valence-electron chi connectivity index (χ2n) is 13.8. The molecule has 15 heteroatoms. The fourth-order valence-corrected chi connectivity index (χ4v) is 5.99. The van der Waals surface area contributed by atoms with Crippen molar-refractivity contribution in [1.82, 2.24) is 15.6 Å². The Balaban J connectivity index is 1.42. The van der Waals surface area contributed by atoms with Gasteiger partial charge in [0.1, 0.15) is 23.4 Å². The van der Waals surface area contributed by atoms with Crippen LogP contribution in [0.1, 0.15) is 108 Å². The molecule has 15 nitrogen and oxygen atoms in total. The predicted octanol–water partition coefficient (Wildman–Crippen LogP) is 7.24. The lowest BCUT2D eigenvalue weighted by Gasteiger charge is -2.22. The molecule has 3 aromatic rings. The summed E-state index contributed by atoms with van der Waals surface area (Å²) >= 11 is 0. The number of hydrogen-bond donors (Lipinski definition) is 4. The molecule has 4 N–H and O–H groups in total.